The van der Waals surface area contributed by atoms with E-state index in [9.17, 15) is 9.59 Å². The molecule has 0 atom stereocenters. The Bertz CT molecular complexity index is 1190. The fourth-order valence-corrected chi connectivity index (χ4v) is 3.18. The van der Waals surface area contributed by atoms with Crippen LogP contribution < -0.4 is 5.56 Å². The lowest BCUT2D eigenvalue weighted by molar-refractivity contribution is -0.143. The molecule has 0 unspecified atom stereocenters. The molecule has 3 heterocycles. The third kappa shape index (κ3) is 2.38. The van der Waals surface area contributed by atoms with Gasteiger partial charge in [-0.25, -0.2) is 4.98 Å². The van der Waals surface area contributed by atoms with Gasteiger partial charge in [0.25, 0.3) is 5.56 Å². The standard InChI is InChI=1S/C19H17N3O3/c1-3-25-16(23)11-22-18-17(13-6-4-5-7-14(13)19(22)24)20-15-9-8-12(2)10-21(15)18/h4-10H,3,11H2,1-2H3. The summed E-state index contributed by atoms with van der Waals surface area (Å²) in [4.78, 5) is 29.8. The summed E-state index contributed by atoms with van der Waals surface area (Å²) in [6, 6.07) is 11.2. The SMILES string of the molecule is CCOC(=O)Cn1c(=O)c2ccccc2c2nc3ccc(C)cn3c21. The van der Waals surface area contributed by atoms with Gasteiger partial charge in [-0.1, -0.05) is 24.3 Å². The molecule has 1 aromatic carbocycles. The second-order valence-corrected chi connectivity index (χ2v) is 5.96. The molecule has 0 N–H and O–H groups in total. The molecular formula is C19H17N3O3. The van der Waals surface area contributed by atoms with E-state index in [0.29, 0.717) is 16.6 Å². The van der Waals surface area contributed by atoms with Gasteiger partial charge in [0.2, 0.25) is 0 Å². The lowest BCUT2D eigenvalue weighted by atomic mass is 10.1. The number of hydrogen-bond donors (Lipinski definition) is 0. The van der Waals surface area contributed by atoms with Gasteiger partial charge < -0.3 is 4.74 Å². The van der Waals surface area contributed by atoms with Crippen LogP contribution in [0.25, 0.3) is 27.6 Å². The van der Waals surface area contributed by atoms with Crippen LogP contribution in [0.15, 0.2) is 47.4 Å². The molecular weight excluding hydrogens is 318 g/mol. The van der Waals surface area contributed by atoms with E-state index in [1.807, 2.05) is 47.9 Å². The van der Waals surface area contributed by atoms with Crippen molar-refractivity contribution in [2.45, 2.75) is 20.4 Å². The number of carbonyl (C=O) groups excluding carboxylic acids is 1. The molecule has 4 aromatic rings. The van der Waals surface area contributed by atoms with Gasteiger partial charge in [0, 0.05) is 17.0 Å². The monoisotopic (exact) mass is 335 g/mol. The lowest BCUT2D eigenvalue weighted by Gasteiger charge is -2.10. The molecule has 4 rings (SSSR count). The topological polar surface area (TPSA) is 65.6 Å². The molecule has 25 heavy (non-hydrogen) atoms. The second kappa shape index (κ2) is 5.73. The first kappa shape index (κ1) is 15.4. The first-order valence-corrected chi connectivity index (χ1v) is 8.15. The van der Waals surface area contributed by atoms with E-state index in [1.54, 1.807) is 13.0 Å². The zero-order chi connectivity index (χ0) is 17.6. The van der Waals surface area contributed by atoms with Crippen molar-refractivity contribution in [2.75, 3.05) is 6.61 Å². The Morgan fingerprint density at radius 3 is 2.68 bits per heavy atom. The predicted molar refractivity (Wildman–Crippen MR) is 95.8 cm³/mol. The van der Waals surface area contributed by atoms with Crippen LogP contribution in [0.5, 0.6) is 0 Å². The number of ether oxygens (including phenoxy) is 1. The fraction of sp³-hybridized carbons (Fsp3) is 0.211. The Hall–Kier alpha value is -3.15. The van der Waals surface area contributed by atoms with E-state index in [2.05, 4.69) is 0 Å². The minimum atomic E-state index is -0.441. The molecule has 6 nitrogen and oxygen atoms in total. The number of aromatic nitrogens is 3. The molecule has 126 valence electrons. The van der Waals surface area contributed by atoms with Gasteiger partial charge in [-0.15, -0.1) is 0 Å². The maximum absolute atomic E-state index is 13.0. The van der Waals surface area contributed by atoms with Crippen molar-refractivity contribution in [3.8, 4) is 0 Å². The van der Waals surface area contributed by atoms with Crippen molar-refractivity contribution < 1.29 is 9.53 Å². The zero-order valence-electron chi connectivity index (χ0n) is 14.0. The van der Waals surface area contributed by atoms with Gasteiger partial charge in [0.15, 0.2) is 0 Å². The average Bonchev–Trinajstić information content (AvgIpc) is 2.97. The van der Waals surface area contributed by atoms with E-state index < -0.39 is 5.97 Å². The maximum Gasteiger partial charge on any atom is 0.326 e. The predicted octanol–water partition coefficient (Wildman–Crippen LogP) is 2.67. The van der Waals surface area contributed by atoms with Crippen molar-refractivity contribution in [3.63, 3.8) is 0 Å². The van der Waals surface area contributed by atoms with Crippen LogP contribution >= 0.6 is 0 Å². The van der Waals surface area contributed by atoms with Crippen LogP contribution in [-0.2, 0) is 16.1 Å². The van der Waals surface area contributed by atoms with E-state index in [-0.39, 0.29) is 18.7 Å². The van der Waals surface area contributed by atoms with Crippen molar-refractivity contribution >= 4 is 33.6 Å². The fourth-order valence-electron chi connectivity index (χ4n) is 3.18. The van der Waals surface area contributed by atoms with E-state index >= 15 is 0 Å². The molecule has 3 aromatic heterocycles. The molecule has 0 bridgehead atoms. The highest BCUT2D eigenvalue weighted by molar-refractivity contribution is 6.04. The Morgan fingerprint density at radius 2 is 1.92 bits per heavy atom. The Balaban J connectivity index is 2.17. The van der Waals surface area contributed by atoms with E-state index in [0.717, 1.165) is 16.6 Å². The van der Waals surface area contributed by atoms with Gasteiger partial charge >= 0.3 is 5.97 Å². The number of nitrogens with zero attached hydrogens (tertiary/aromatic N) is 3. The number of rotatable bonds is 3. The normalized spacial score (nSPS) is 11.4. The molecule has 0 aliphatic carbocycles. The van der Waals surface area contributed by atoms with Gasteiger partial charge in [-0.2, -0.15) is 0 Å². The quantitative estimate of drug-likeness (QED) is 0.540. The first-order valence-electron chi connectivity index (χ1n) is 8.15. The van der Waals surface area contributed by atoms with Crippen LogP contribution in [0.3, 0.4) is 0 Å². The largest absolute Gasteiger partial charge is 0.465 e. The number of esters is 1. The highest BCUT2D eigenvalue weighted by atomic mass is 16.5. The van der Waals surface area contributed by atoms with Crippen molar-refractivity contribution in [2.24, 2.45) is 0 Å². The molecule has 6 heteroatoms. The highest BCUT2D eigenvalue weighted by Crippen LogP contribution is 2.24. The Kier molecular flexibility index (Phi) is 3.53. The van der Waals surface area contributed by atoms with Crippen molar-refractivity contribution in [1.82, 2.24) is 14.0 Å². The first-order chi connectivity index (χ1) is 12.1. The molecule has 0 saturated carbocycles. The third-order valence-electron chi connectivity index (χ3n) is 4.25. The van der Waals surface area contributed by atoms with Crippen LogP contribution in [-0.4, -0.2) is 26.5 Å². The minimum absolute atomic E-state index is 0.143. The van der Waals surface area contributed by atoms with E-state index in [4.69, 9.17) is 9.72 Å². The van der Waals surface area contributed by atoms with Crippen LogP contribution in [0.2, 0.25) is 0 Å². The number of benzene rings is 1. The van der Waals surface area contributed by atoms with Gasteiger partial charge in [-0.3, -0.25) is 18.6 Å². The number of pyridine rings is 2. The molecule has 0 amide bonds. The third-order valence-corrected chi connectivity index (χ3v) is 4.25. The Labute approximate surface area is 143 Å². The average molecular weight is 335 g/mol. The summed E-state index contributed by atoms with van der Waals surface area (Å²) in [5.74, 6) is -0.441. The second-order valence-electron chi connectivity index (χ2n) is 5.96. The summed E-state index contributed by atoms with van der Waals surface area (Å²) in [7, 11) is 0. The number of aryl methyl sites for hydroxylation is 1. The highest BCUT2D eigenvalue weighted by Gasteiger charge is 2.18. The Morgan fingerprint density at radius 1 is 1.16 bits per heavy atom. The molecule has 0 spiro atoms. The number of fused-ring (bicyclic) bond motifs is 5. The van der Waals surface area contributed by atoms with E-state index in [1.165, 1.54) is 4.57 Å². The maximum atomic E-state index is 13.0. The molecule has 0 aliphatic rings. The summed E-state index contributed by atoms with van der Waals surface area (Å²) in [6.07, 6.45) is 1.92. The van der Waals surface area contributed by atoms with Crippen molar-refractivity contribution in [1.29, 1.82) is 0 Å². The lowest BCUT2D eigenvalue weighted by Crippen LogP contribution is -2.26. The van der Waals surface area contributed by atoms with Crippen LogP contribution in [0, 0.1) is 6.92 Å². The summed E-state index contributed by atoms with van der Waals surface area (Å²) in [5, 5.41) is 1.32. The van der Waals surface area contributed by atoms with Gasteiger partial charge in [0.1, 0.15) is 23.4 Å². The van der Waals surface area contributed by atoms with Crippen molar-refractivity contribution in [3.05, 3.63) is 58.5 Å². The summed E-state index contributed by atoms with van der Waals surface area (Å²) in [6.45, 7) is 3.85. The minimum Gasteiger partial charge on any atom is -0.465 e. The summed E-state index contributed by atoms with van der Waals surface area (Å²) in [5.41, 5.74) is 2.85. The van der Waals surface area contributed by atoms with Gasteiger partial charge in [-0.05, 0) is 31.5 Å². The zero-order valence-corrected chi connectivity index (χ0v) is 14.0. The molecule has 0 fully saturated rings. The molecule has 0 saturated heterocycles. The van der Waals surface area contributed by atoms with Gasteiger partial charge in [0.05, 0.1) is 6.61 Å². The number of carbonyl (C=O) groups is 1. The summed E-state index contributed by atoms with van der Waals surface area (Å²) >= 11 is 0. The molecule has 0 aliphatic heterocycles. The number of hydrogen-bond acceptors (Lipinski definition) is 4. The summed E-state index contributed by atoms with van der Waals surface area (Å²) < 4.78 is 8.36. The van der Waals surface area contributed by atoms with Crippen LogP contribution in [0.1, 0.15) is 12.5 Å². The smallest absolute Gasteiger partial charge is 0.326 e. The molecule has 0 radical (unpaired) electrons. The number of imidazole rings is 1. The van der Waals surface area contributed by atoms with Crippen LogP contribution in [0.4, 0.5) is 0 Å².